The summed E-state index contributed by atoms with van der Waals surface area (Å²) in [7, 11) is 6.14. The molecular weight excluding hydrogens is 392 g/mol. The molecule has 2 amide bonds. The molecule has 8 nitrogen and oxygen atoms in total. The maximum absolute atomic E-state index is 12.4. The van der Waals surface area contributed by atoms with Crippen molar-refractivity contribution < 1.29 is 9.59 Å². The third kappa shape index (κ3) is 6.50. The fourth-order valence-corrected chi connectivity index (χ4v) is 3.61. The molecule has 0 radical (unpaired) electrons. The number of benzene rings is 1. The average molecular weight is 425 g/mol. The van der Waals surface area contributed by atoms with Crippen LogP contribution in [0.4, 0.5) is 5.69 Å². The smallest absolute Gasteiger partial charge is 0.309 e. The van der Waals surface area contributed by atoms with Crippen LogP contribution in [0.15, 0.2) is 48.7 Å². The zero-order valence-electron chi connectivity index (χ0n) is 18.5. The lowest BCUT2D eigenvalue weighted by molar-refractivity contribution is -0.139. The summed E-state index contributed by atoms with van der Waals surface area (Å²) in [5.41, 5.74) is 2.96. The molecule has 1 aromatic heterocycles. The normalized spacial score (nSPS) is 15.8. The van der Waals surface area contributed by atoms with E-state index in [9.17, 15) is 9.59 Å². The van der Waals surface area contributed by atoms with Crippen molar-refractivity contribution in [2.45, 2.75) is 12.6 Å². The van der Waals surface area contributed by atoms with E-state index in [1.807, 2.05) is 26.2 Å². The predicted octanol–water partition coefficient (Wildman–Crippen LogP) is 0.869. The summed E-state index contributed by atoms with van der Waals surface area (Å²) >= 11 is 0. The minimum atomic E-state index is -0.647. The topological polar surface area (TPSA) is 80.8 Å². The second-order valence-electron chi connectivity index (χ2n) is 8.05. The SMILES string of the molecule is CN1CCN(C(CNC(=O)C(=O)NCc2ccccn2)c2ccc(N(C)C)cc2)CC1. The summed E-state index contributed by atoms with van der Waals surface area (Å²) in [6.45, 7) is 4.38. The molecule has 8 heteroatoms. The molecule has 1 unspecified atom stereocenters. The van der Waals surface area contributed by atoms with Gasteiger partial charge < -0.3 is 20.4 Å². The van der Waals surface area contributed by atoms with Crippen LogP contribution in [-0.4, -0.2) is 80.5 Å². The number of piperazine rings is 1. The van der Waals surface area contributed by atoms with Crippen LogP contribution in [0.3, 0.4) is 0 Å². The number of carbonyl (C=O) groups is 2. The van der Waals surface area contributed by atoms with Gasteiger partial charge in [-0.05, 0) is 36.9 Å². The molecule has 0 aliphatic carbocycles. The zero-order chi connectivity index (χ0) is 22.2. The molecule has 1 aromatic carbocycles. The van der Waals surface area contributed by atoms with Gasteiger partial charge in [-0.1, -0.05) is 18.2 Å². The maximum atomic E-state index is 12.4. The summed E-state index contributed by atoms with van der Waals surface area (Å²) in [6, 6.07) is 13.8. The van der Waals surface area contributed by atoms with E-state index in [-0.39, 0.29) is 12.6 Å². The minimum absolute atomic E-state index is 0.0115. The first-order chi connectivity index (χ1) is 14.9. The van der Waals surface area contributed by atoms with E-state index in [0.717, 1.165) is 37.4 Å². The van der Waals surface area contributed by atoms with Crippen molar-refractivity contribution in [3.05, 3.63) is 59.9 Å². The Balaban J connectivity index is 1.62. The Bertz CT molecular complexity index is 848. The van der Waals surface area contributed by atoms with Crippen molar-refractivity contribution in [3.8, 4) is 0 Å². The predicted molar refractivity (Wildman–Crippen MR) is 122 cm³/mol. The quantitative estimate of drug-likeness (QED) is 0.642. The molecule has 1 fully saturated rings. The highest BCUT2D eigenvalue weighted by Gasteiger charge is 2.25. The van der Waals surface area contributed by atoms with E-state index in [1.165, 1.54) is 0 Å². The molecule has 3 rings (SSSR count). The summed E-state index contributed by atoms with van der Waals surface area (Å²) in [6.07, 6.45) is 1.66. The lowest BCUT2D eigenvalue weighted by Gasteiger charge is -2.38. The molecule has 1 saturated heterocycles. The van der Waals surface area contributed by atoms with Gasteiger partial charge in [-0.2, -0.15) is 0 Å². The van der Waals surface area contributed by atoms with Crippen molar-refractivity contribution in [3.63, 3.8) is 0 Å². The molecule has 0 saturated carbocycles. The molecule has 0 spiro atoms. The molecule has 166 valence electrons. The number of likely N-dealkylation sites (N-methyl/N-ethyl adjacent to an activating group) is 1. The molecule has 1 aliphatic rings. The largest absolute Gasteiger partial charge is 0.378 e. The van der Waals surface area contributed by atoms with Gasteiger partial charge in [0.25, 0.3) is 0 Å². The third-order valence-electron chi connectivity index (χ3n) is 5.59. The van der Waals surface area contributed by atoms with Gasteiger partial charge in [0.1, 0.15) is 0 Å². The Kier molecular flexibility index (Phi) is 7.97. The monoisotopic (exact) mass is 424 g/mol. The highest BCUT2D eigenvalue weighted by molar-refractivity contribution is 6.35. The number of anilines is 1. The van der Waals surface area contributed by atoms with Crippen LogP contribution in [0.5, 0.6) is 0 Å². The van der Waals surface area contributed by atoms with Crippen LogP contribution in [0.1, 0.15) is 17.3 Å². The van der Waals surface area contributed by atoms with Crippen molar-refractivity contribution in [2.24, 2.45) is 0 Å². The van der Waals surface area contributed by atoms with E-state index in [1.54, 1.807) is 12.3 Å². The summed E-state index contributed by atoms with van der Waals surface area (Å²) in [4.78, 5) is 35.5. The second-order valence-corrected chi connectivity index (χ2v) is 8.05. The van der Waals surface area contributed by atoms with Gasteiger partial charge >= 0.3 is 11.8 Å². The van der Waals surface area contributed by atoms with Gasteiger partial charge in [-0.15, -0.1) is 0 Å². The van der Waals surface area contributed by atoms with Crippen LogP contribution >= 0.6 is 0 Å². The Morgan fingerprint density at radius 3 is 2.29 bits per heavy atom. The molecule has 2 aromatic rings. The van der Waals surface area contributed by atoms with Crippen LogP contribution in [0, 0.1) is 0 Å². The summed E-state index contributed by atoms with van der Waals surface area (Å²) < 4.78 is 0. The highest BCUT2D eigenvalue weighted by atomic mass is 16.2. The maximum Gasteiger partial charge on any atom is 0.309 e. The van der Waals surface area contributed by atoms with Gasteiger partial charge in [-0.25, -0.2) is 0 Å². The molecular formula is C23H32N6O2. The summed E-state index contributed by atoms with van der Waals surface area (Å²) in [5, 5.41) is 5.45. The number of amides is 2. The first kappa shape index (κ1) is 22.7. The Morgan fingerprint density at radius 2 is 1.68 bits per heavy atom. The van der Waals surface area contributed by atoms with E-state index in [2.05, 4.69) is 61.6 Å². The Hall–Kier alpha value is -2.97. The first-order valence-electron chi connectivity index (χ1n) is 10.6. The fourth-order valence-electron chi connectivity index (χ4n) is 3.61. The number of nitrogens with one attached hydrogen (secondary N) is 2. The standard InChI is InChI=1S/C23H32N6O2/c1-27(2)20-9-7-18(8-10-20)21(29-14-12-28(3)13-15-29)17-26-23(31)22(30)25-16-19-6-4-5-11-24-19/h4-11,21H,12-17H2,1-3H3,(H,25,30)(H,26,31). The highest BCUT2D eigenvalue weighted by Crippen LogP contribution is 2.24. The van der Waals surface area contributed by atoms with Crippen LogP contribution in [0.25, 0.3) is 0 Å². The number of hydrogen-bond acceptors (Lipinski definition) is 6. The summed E-state index contributed by atoms with van der Waals surface area (Å²) in [5.74, 6) is -1.27. The van der Waals surface area contributed by atoms with E-state index in [4.69, 9.17) is 0 Å². The van der Waals surface area contributed by atoms with Crippen molar-refractivity contribution in [1.82, 2.24) is 25.4 Å². The molecule has 0 bridgehead atoms. The van der Waals surface area contributed by atoms with Gasteiger partial charge in [0.05, 0.1) is 18.3 Å². The zero-order valence-corrected chi connectivity index (χ0v) is 18.5. The number of carbonyl (C=O) groups excluding carboxylic acids is 2. The number of aromatic nitrogens is 1. The molecule has 2 N–H and O–H groups in total. The van der Waals surface area contributed by atoms with E-state index < -0.39 is 11.8 Å². The molecule has 2 heterocycles. The number of pyridine rings is 1. The number of nitrogens with zero attached hydrogens (tertiary/aromatic N) is 4. The first-order valence-corrected chi connectivity index (χ1v) is 10.6. The van der Waals surface area contributed by atoms with Crippen molar-refractivity contribution >= 4 is 17.5 Å². The third-order valence-corrected chi connectivity index (χ3v) is 5.59. The fraction of sp³-hybridized carbons (Fsp3) is 0.435. The van der Waals surface area contributed by atoms with Gasteiger partial charge in [0.2, 0.25) is 0 Å². The Labute approximate surface area is 184 Å². The molecule has 1 aliphatic heterocycles. The van der Waals surface area contributed by atoms with Crippen molar-refractivity contribution in [1.29, 1.82) is 0 Å². The van der Waals surface area contributed by atoms with Crippen LogP contribution in [-0.2, 0) is 16.1 Å². The van der Waals surface area contributed by atoms with Crippen LogP contribution < -0.4 is 15.5 Å². The van der Waals surface area contributed by atoms with E-state index in [0.29, 0.717) is 12.2 Å². The van der Waals surface area contributed by atoms with E-state index >= 15 is 0 Å². The molecule has 1 atom stereocenters. The second kappa shape index (κ2) is 10.9. The number of hydrogen-bond donors (Lipinski definition) is 2. The van der Waals surface area contributed by atoms with Gasteiger partial charge in [-0.3, -0.25) is 19.5 Å². The Morgan fingerprint density at radius 1 is 1.00 bits per heavy atom. The number of rotatable bonds is 7. The van der Waals surface area contributed by atoms with Gasteiger partial charge in [0.15, 0.2) is 0 Å². The molecule has 31 heavy (non-hydrogen) atoms. The average Bonchev–Trinajstić information content (AvgIpc) is 2.79. The minimum Gasteiger partial charge on any atom is -0.378 e. The lowest BCUT2D eigenvalue weighted by Crippen LogP contribution is -2.49. The van der Waals surface area contributed by atoms with Gasteiger partial charge in [0, 0.05) is 58.7 Å². The lowest BCUT2D eigenvalue weighted by atomic mass is 10.0. The van der Waals surface area contributed by atoms with Crippen LogP contribution in [0.2, 0.25) is 0 Å². The van der Waals surface area contributed by atoms with Crippen molar-refractivity contribution in [2.75, 3.05) is 58.8 Å².